The minimum Gasteiger partial charge on any atom is -0.448 e. The molecule has 0 spiro atoms. The van der Waals surface area contributed by atoms with Crippen LogP contribution in [-0.4, -0.2) is 24.5 Å². The van der Waals surface area contributed by atoms with Crippen LogP contribution in [0.2, 0.25) is 0 Å². The molecule has 0 atom stereocenters. The maximum absolute atomic E-state index is 10.8. The highest BCUT2D eigenvalue weighted by atomic mass is 16.5. The van der Waals surface area contributed by atoms with Gasteiger partial charge in [0, 0.05) is 20.5 Å². The zero-order valence-corrected chi connectivity index (χ0v) is 7.16. The van der Waals surface area contributed by atoms with E-state index in [2.05, 4.69) is 4.98 Å². The zero-order chi connectivity index (χ0) is 8.97. The normalized spacial score (nSPS) is 10.2. The summed E-state index contributed by atoms with van der Waals surface area (Å²) >= 11 is 0. The van der Waals surface area contributed by atoms with Crippen LogP contribution in [0.3, 0.4) is 0 Å². The third-order valence-electron chi connectivity index (χ3n) is 1.43. The number of nitrogens with zero attached hydrogens (tertiary/aromatic N) is 1. The fourth-order valence-electron chi connectivity index (χ4n) is 0.777. The Morgan fingerprint density at radius 2 is 2.50 bits per heavy atom. The van der Waals surface area contributed by atoms with E-state index >= 15 is 0 Å². The van der Waals surface area contributed by atoms with Gasteiger partial charge in [-0.2, -0.15) is 0 Å². The summed E-state index contributed by atoms with van der Waals surface area (Å²) in [5.74, 6) is 0.462. The second kappa shape index (κ2) is 4.01. The van der Waals surface area contributed by atoms with Crippen molar-refractivity contribution in [3.05, 3.63) is 17.8 Å². The Morgan fingerprint density at radius 3 is 3.00 bits per heavy atom. The van der Waals surface area contributed by atoms with E-state index in [0.717, 1.165) is 0 Å². The lowest BCUT2D eigenvalue weighted by molar-refractivity contribution is 0.101. The molecule has 4 nitrogen and oxygen atoms in total. The number of carbonyl (C=O) groups excluding carboxylic acids is 1. The van der Waals surface area contributed by atoms with Crippen molar-refractivity contribution in [1.29, 1.82) is 0 Å². The monoisotopic (exact) mass is 169 g/mol. The number of aromatic nitrogens is 1. The lowest BCUT2D eigenvalue weighted by Gasteiger charge is -1.91. The molecule has 0 unspecified atom stereocenters. The summed E-state index contributed by atoms with van der Waals surface area (Å²) in [6.45, 7) is 2.01. The number of Topliss-reactive ketones (excluding diaryl/α,β-unsaturated/α-hetero) is 1. The Bertz CT molecular complexity index is 267. The number of hydrogen-bond donors (Lipinski definition) is 0. The van der Waals surface area contributed by atoms with Gasteiger partial charge in [0.15, 0.2) is 11.7 Å². The van der Waals surface area contributed by atoms with E-state index in [4.69, 9.17) is 9.15 Å². The number of ketones is 1. The molecule has 0 bridgehead atoms. The maximum Gasteiger partial charge on any atom is 0.196 e. The minimum atomic E-state index is -0.0811. The van der Waals surface area contributed by atoms with Crippen LogP contribution in [0.1, 0.15) is 23.3 Å². The highest BCUT2D eigenvalue weighted by Crippen LogP contribution is 2.03. The van der Waals surface area contributed by atoms with Crippen molar-refractivity contribution >= 4 is 5.78 Å². The van der Waals surface area contributed by atoms with Gasteiger partial charge in [0.2, 0.25) is 0 Å². The van der Waals surface area contributed by atoms with Crippen molar-refractivity contribution < 1.29 is 13.9 Å². The van der Waals surface area contributed by atoms with Crippen molar-refractivity contribution in [3.63, 3.8) is 0 Å². The van der Waals surface area contributed by atoms with E-state index in [1.54, 1.807) is 7.11 Å². The van der Waals surface area contributed by atoms with Crippen molar-refractivity contribution in [3.8, 4) is 0 Å². The van der Waals surface area contributed by atoms with E-state index in [1.165, 1.54) is 13.2 Å². The molecule has 0 radical (unpaired) electrons. The van der Waals surface area contributed by atoms with Crippen molar-refractivity contribution in [2.24, 2.45) is 0 Å². The third kappa shape index (κ3) is 2.17. The average molecular weight is 169 g/mol. The van der Waals surface area contributed by atoms with E-state index in [9.17, 15) is 4.79 Å². The number of methoxy groups -OCH3 is 1. The summed E-state index contributed by atoms with van der Waals surface area (Å²) < 4.78 is 9.85. The SMILES string of the molecule is COCCc1nc(C(C)=O)co1. The summed E-state index contributed by atoms with van der Waals surface area (Å²) in [7, 11) is 1.61. The van der Waals surface area contributed by atoms with Crippen molar-refractivity contribution in [2.45, 2.75) is 13.3 Å². The van der Waals surface area contributed by atoms with Crippen molar-refractivity contribution in [2.75, 3.05) is 13.7 Å². The highest BCUT2D eigenvalue weighted by molar-refractivity contribution is 5.91. The van der Waals surface area contributed by atoms with Crippen LogP contribution in [0.15, 0.2) is 10.7 Å². The molecule has 1 heterocycles. The number of ether oxygens (including phenoxy) is 1. The van der Waals surface area contributed by atoms with Crippen LogP contribution in [-0.2, 0) is 11.2 Å². The topological polar surface area (TPSA) is 52.3 Å². The van der Waals surface area contributed by atoms with Crippen LogP contribution in [0.5, 0.6) is 0 Å². The minimum absolute atomic E-state index is 0.0811. The van der Waals surface area contributed by atoms with Crippen LogP contribution in [0.4, 0.5) is 0 Å². The van der Waals surface area contributed by atoms with Crippen LogP contribution in [0, 0.1) is 0 Å². The Kier molecular flexibility index (Phi) is 2.99. The summed E-state index contributed by atoms with van der Waals surface area (Å²) in [6.07, 6.45) is 1.97. The Morgan fingerprint density at radius 1 is 1.75 bits per heavy atom. The first kappa shape index (κ1) is 8.93. The summed E-state index contributed by atoms with van der Waals surface area (Å²) in [5.41, 5.74) is 0.376. The number of hydrogen-bond acceptors (Lipinski definition) is 4. The highest BCUT2D eigenvalue weighted by Gasteiger charge is 2.06. The van der Waals surface area contributed by atoms with Gasteiger partial charge in [-0.05, 0) is 0 Å². The Hall–Kier alpha value is -1.16. The molecule has 0 saturated carbocycles. The van der Waals surface area contributed by atoms with Crippen LogP contribution < -0.4 is 0 Å². The second-order valence-corrected chi connectivity index (χ2v) is 2.43. The molecule has 0 aromatic carbocycles. The van der Waals surface area contributed by atoms with Gasteiger partial charge in [-0.25, -0.2) is 4.98 Å². The van der Waals surface area contributed by atoms with E-state index < -0.39 is 0 Å². The number of carbonyl (C=O) groups is 1. The van der Waals surface area contributed by atoms with Crippen LogP contribution in [0.25, 0.3) is 0 Å². The second-order valence-electron chi connectivity index (χ2n) is 2.43. The Balaban J connectivity index is 2.58. The molecule has 1 rings (SSSR count). The molecule has 0 aliphatic rings. The molecule has 0 fully saturated rings. The first-order valence-corrected chi connectivity index (χ1v) is 3.68. The molecule has 66 valence electrons. The van der Waals surface area contributed by atoms with Gasteiger partial charge in [-0.1, -0.05) is 0 Å². The number of oxazole rings is 1. The zero-order valence-electron chi connectivity index (χ0n) is 7.16. The summed E-state index contributed by atoms with van der Waals surface area (Å²) in [6, 6.07) is 0. The standard InChI is InChI=1S/C8H11NO3/c1-6(10)7-5-12-8(9-7)3-4-11-2/h5H,3-4H2,1-2H3. The van der Waals surface area contributed by atoms with Gasteiger partial charge in [-0.3, -0.25) is 4.79 Å². The summed E-state index contributed by atoms with van der Waals surface area (Å²) in [4.78, 5) is 14.7. The largest absolute Gasteiger partial charge is 0.448 e. The van der Waals surface area contributed by atoms with E-state index in [-0.39, 0.29) is 5.78 Å². The first-order valence-electron chi connectivity index (χ1n) is 3.68. The van der Waals surface area contributed by atoms with Gasteiger partial charge in [-0.15, -0.1) is 0 Å². The average Bonchev–Trinajstić information content (AvgIpc) is 2.48. The molecule has 4 heteroatoms. The molecule has 0 aliphatic heterocycles. The molecule has 0 aliphatic carbocycles. The fourth-order valence-corrected chi connectivity index (χ4v) is 0.777. The van der Waals surface area contributed by atoms with Gasteiger partial charge < -0.3 is 9.15 Å². The molecule has 12 heavy (non-hydrogen) atoms. The van der Waals surface area contributed by atoms with Gasteiger partial charge in [0.05, 0.1) is 6.61 Å². The molecule has 0 amide bonds. The lowest BCUT2D eigenvalue weighted by atomic mass is 10.3. The number of rotatable bonds is 4. The lowest BCUT2D eigenvalue weighted by Crippen LogP contribution is -1.96. The smallest absolute Gasteiger partial charge is 0.196 e. The maximum atomic E-state index is 10.8. The van der Waals surface area contributed by atoms with Gasteiger partial charge in [0.25, 0.3) is 0 Å². The molecule has 0 N–H and O–H groups in total. The third-order valence-corrected chi connectivity index (χ3v) is 1.43. The predicted molar refractivity (Wildman–Crippen MR) is 42.1 cm³/mol. The molecule has 0 saturated heterocycles. The quantitative estimate of drug-likeness (QED) is 0.632. The first-order chi connectivity index (χ1) is 5.74. The molecule has 1 aromatic rings. The van der Waals surface area contributed by atoms with E-state index in [1.807, 2.05) is 0 Å². The predicted octanol–water partition coefficient (Wildman–Crippen LogP) is 1.07. The van der Waals surface area contributed by atoms with Crippen molar-refractivity contribution in [1.82, 2.24) is 4.98 Å². The van der Waals surface area contributed by atoms with E-state index in [0.29, 0.717) is 24.6 Å². The van der Waals surface area contributed by atoms with Gasteiger partial charge in [0.1, 0.15) is 12.0 Å². The fraction of sp³-hybridized carbons (Fsp3) is 0.500. The molecule has 1 aromatic heterocycles. The van der Waals surface area contributed by atoms with Crippen LogP contribution >= 0.6 is 0 Å². The molecular weight excluding hydrogens is 158 g/mol. The van der Waals surface area contributed by atoms with Gasteiger partial charge >= 0.3 is 0 Å². The summed E-state index contributed by atoms with van der Waals surface area (Å²) in [5, 5.41) is 0. The Labute approximate surface area is 70.5 Å². The molecular formula is C8H11NO3.